The lowest BCUT2D eigenvalue weighted by molar-refractivity contribution is -0.384. The van der Waals surface area contributed by atoms with Crippen molar-refractivity contribution in [3.8, 4) is 11.1 Å². The van der Waals surface area contributed by atoms with Gasteiger partial charge in [0.2, 0.25) is 0 Å². The summed E-state index contributed by atoms with van der Waals surface area (Å²) in [4.78, 5) is 22.3. The molecule has 8 heteroatoms. The van der Waals surface area contributed by atoms with E-state index in [0.29, 0.717) is 16.1 Å². The Kier molecular flexibility index (Phi) is 4.44. The summed E-state index contributed by atoms with van der Waals surface area (Å²) in [6.45, 7) is 1.90. The molecule has 0 aliphatic rings. The first-order valence-electron chi connectivity index (χ1n) is 5.94. The zero-order valence-corrected chi connectivity index (χ0v) is 12.5. The number of nitro groups is 1. The van der Waals surface area contributed by atoms with Crippen molar-refractivity contribution in [2.45, 2.75) is 6.92 Å². The fraction of sp³-hybridized carbons (Fsp3) is 0.154. The molecule has 0 unspecified atom stereocenters. The number of hydrogen-bond acceptors (Lipinski definition) is 6. The molecule has 1 heterocycles. The highest BCUT2D eigenvalue weighted by Gasteiger charge is 2.22. The maximum atomic E-state index is 12.0. The first-order chi connectivity index (χ1) is 9.95. The van der Waals surface area contributed by atoms with Crippen molar-refractivity contribution in [3.05, 3.63) is 44.3 Å². The summed E-state index contributed by atoms with van der Waals surface area (Å²) in [5.41, 5.74) is 6.77. The Hall–Kier alpha value is -2.12. The lowest BCUT2D eigenvalue weighted by Gasteiger charge is -2.06. The number of carbonyl (C=O) groups is 1. The van der Waals surface area contributed by atoms with Gasteiger partial charge in [0.15, 0.2) is 0 Å². The van der Waals surface area contributed by atoms with E-state index >= 15 is 0 Å². The third-order valence-electron chi connectivity index (χ3n) is 2.75. The Labute approximate surface area is 129 Å². The zero-order valence-electron chi connectivity index (χ0n) is 11.0. The van der Waals surface area contributed by atoms with E-state index in [9.17, 15) is 14.9 Å². The van der Waals surface area contributed by atoms with Crippen LogP contribution in [0.25, 0.3) is 11.1 Å². The van der Waals surface area contributed by atoms with Crippen LogP contribution in [0.5, 0.6) is 0 Å². The van der Waals surface area contributed by atoms with Crippen LogP contribution in [0.15, 0.2) is 23.6 Å². The number of nitrogen functional groups attached to an aromatic ring is 1. The van der Waals surface area contributed by atoms with Crippen molar-refractivity contribution < 1.29 is 14.5 Å². The first kappa shape index (κ1) is 15.3. The molecule has 110 valence electrons. The van der Waals surface area contributed by atoms with Crippen LogP contribution in [-0.4, -0.2) is 17.5 Å². The van der Waals surface area contributed by atoms with Gasteiger partial charge in [0.1, 0.15) is 15.6 Å². The standard InChI is InChI=1S/C13H11ClN2O4S/c1-2-20-13(17)11-8(6-21-12(11)15)7-3-4-9(14)10(5-7)16(18)19/h3-6H,2,15H2,1H3. The monoisotopic (exact) mass is 326 g/mol. The van der Waals surface area contributed by atoms with Gasteiger partial charge in [0.25, 0.3) is 5.69 Å². The quantitative estimate of drug-likeness (QED) is 0.524. The highest BCUT2D eigenvalue weighted by Crippen LogP contribution is 2.37. The van der Waals surface area contributed by atoms with Crippen molar-refractivity contribution in [1.29, 1.82) is 0 Å². The van der Waals surface area contributed by atoms with E-state index in [2.05, 4.69) is 0 Å². The van der Waals surface area contributed by atoms with Gasteiger partial charge < -0.3 is 10.5 Å². The fourth-order valence-corrected chi connectivity index (χ4v) is 2.82. The van der Waals surface area contributed by atoms with E-state index < -0.39 is 10.9 Å². The summed E-state index contributed by atoms with van der Waals surface area (Å²) in [6, 6.07) is 4.32. The molecule has 0 radical (unpaired) electrons. The smallest absolute Gasteiger partial charge is 0.341 e. The summed E-state index contributed by atoms with van der Waals surface area (Å²) in [5, 5.41) is 12.9. The van der Waals surface area contributed by atoms with Crippen molar-refractivity contribution >= 4 is 39.6 Å². The average molecular weight is 327 g/mol. The number of esters is 1. The van der Waals surface area contributed by atoms with Gasteiger partial charge in [-0.05, 0) is 18.6 Å². The van der Waals surface area contributed by atoms with Crippen molar-refractivity contribution in [2.24, 2.45) is 0 Å². The Bertz CT molecular complexity index is 714. The van der Waals surface area contributed by atoms with E-state index in [1.54, 1.807) is 18.4 Å². The van der Waals surface area contributed by atoms with E-state index in [-0.39, 0.29) is 22.9 Å². The number of halogens is 1. The average Bonchev–Trinajstić information content (AvgIpc) is 2.81. The van der Waals surface area contributed by atoms with E-state index in [0.717, 1.165) is 0 Å². The third kappa shape index (κ3) is 2.98. The molecule has 0 saturated carbocycles. The zero-order chi connectivity index (χ0) is 15.6. The Balaban J connectivity index is 2.55. The number of rotatable bonds is 4. The molecule has 0 fully saturated rings. The highest BCUT2D eigenvalue weighted by atomic mass is 35.5. The van der Waals surface area contributed by atoms with E-state index in [4.69, 9.17) is 22.1 Å². The normalized spacial score (nSPS) is 10.4. The third-order valence-corrected chi connectivity index (χ3v) is 3.88. The van der Waals surface area contributed by atoms with Gasteiger partial charge in [0, 0.05) is 17.0 Å². The molecule has 0 amide bonds. The van der Waals surface area contributed by atoms with Gasteiger partial charge in [-0.15, -0.1) is 11.3 Å². The first-order valence-corrected chi connectivity index (χ1v) is 7.19. The predicted octanol–water partition coefficient (Wildman–Crippen LogP) is 3.74. The lowest BCUT2D eigenvalue weighted by atomic mass is 10.0. The second-order valence-corrected chi connectivity index (χ2v) is 5.35. The fourth-order valence-electron chi connectivity index (χ4n) is 1.82. The van der Waals surface area contributed by atoms with Crippen LogP contribution in [0, 0.1) is 10.1 Å². The molecule has 1 aromatic heterocycles. The summed E-state index contributed by atoms with van der Waals surface area (Å²) < 4.78 is 4.96. The van der Waals surface area contributed by atoms with Gasteiger partial charge in [-0.25, -0.2) is 4.79 Å². The van der Waals surface area contributed by atoms with Gasteiger partial charge in [-0.3, -0.25) is 10.1 Å². The maximum absolute atomic E-state index is 12.0. The van der Waals surface area contributed by atoms with Crippen molar-refractivity contribution in [1.82, 2.24) is 0 Å². The topological polar surface area (TPSA) is 95.5 Å². The Morgan fingerprint density at radius 2 is 2.24 bits per heavy atom. The molecule has 0 bridgehead atoms. The number of thiophene rings is 1. The molecule has 1 aromatic carbocycles. The molecule has 6 nitrogen and oxygen atoms in total. The van der Waals surface area contributed by atoms with Crippen molar-refractivity contribution in [2.75, 3.05) is 12.3 Å². The van der Waals surface area contributed by atoms with Crippen LogP contribution in [0.3, 0.4) is 0 Å². The van der Waals surface area contributed by atoms with E-state index in [1.807, 2.05) is 0 Å². The Morgan fingerprint density at radius 3 is 2.86 bits per heavy atom. The molecule has 2 rings (SSSR count). The molecular formula is C13H11ClN2O4S. The second-order valence-electron chi connectivity index (χ2n) is 4.03. The molecule has 2 aromatic rings. The molecule has 0 aliphatic carbocycles. The summed E-state index contributed by atoms with van der Waals surface area (Å²) in [5.74, 6) is -0.552. The molecular weight excluding hydrogens is 316 g/mol. The minimum atomic E-state index is -0.578. The summed E-state index contributed by atoms with van der Waals surface area (Å²) in [6.07, 6.45) is 0. The minimum absolute atomic E-state index is 0.0321. The van der Waals surface area contributed by atoms with E-state index in [1.165, 1.54) is 23.5 Å². The number of benzene rings is 1. The highest BCUT2D eigenvalue weighted by molar-refractivity contribution is 7.14. The number of hydrogen-bond donors (Lipinski definition) is 1. The van der Waals surface area contributed by atoms with Gasteiger partial charge in [-0.2, -0.15) is 0 Å². The number of anilines is 1. The number of ether oxygens (including phenoxy) is 1. The van der Waals surface area contributed by atoms with Crippen LogP contribution in [0.2, 0.25) is 5.02 Å². The Morgan fingerprint density at radius 1 is 1.52 bits per heavy atom. The second kappa shape index (κ2) is 6.11. The minimum Gasteiger partial charge on any atom is -0.462 e. The van der Waals surface area contributed by atoms with Crippen LogP contribution >= 0.6 is 22.9 Å². The lowest BCUT2D eigenvalue weighted by Crippen LogP contribution is -2.07. The van der Waals surface area contributed by atoms with Crippen LogP contribution in [0.4, 0.5) is 10.7 Å². The summed E-state index contributed by atoms with van der Waals surface area (Å²) >= 11 is 6.95. The molecule has 0 saturated heterocycles. The number of nitrogens with two attached hydrogens (primary N) is 1. The predicted molar refractivity (Wildman–Crippen MR) is 81.8 cm³/mol. The maximum Gasteiger partial charge on any atom is 0.341 e. The van der Waals surface area contributed by atoms with Crippen molar-refractivity contribution in [3.63, 3.8) is 0 Å². The summed E-state index contributed by atoms with van der Waals surface area (Å²) in [7, 11) is 0. The molecule has 0 atom stereocenters. The van der Waals surface area contributed by atoms with Gasteiger partial charge in [0.05, 0.1) is 11.5 Å². The molecule has 0 spiro atoms. The largest absolute Gasteiger partial charge is 0.462 e. The van der Waals surface area contributed by atoms with Crippen LogP contribution < -0.4 is 5.73 Å². The molecule has 0 aliphatic heterocycles. The number of nitro benzene ring substituents is 1. The van der Waals surface area contributed by atoms with Gasteiger partial charge in [-0.1, -0.05) is 17.7 Å². The number of carbonyl (C=O) groups excluding carboxylic acids is 1. The van der Waals surface area contributed by atoms with Crippen LogP contribution in [-0.2, 0) is 4.74 Å². The molecule has 21 heavy (non-hydrogen) atoms. The van der Waals surface area contributed by atoms with Gasteiger partial charge >= 0.3 is 5.97 Å². The molecule has 2 N–H and O–H groups in total. The SMILES string of the molecule is CCOC(=O)c1c(-c2ccc(Cl)c([N+](=O)[O-])c2)csc1N. The number of nitrogens with zero attached hydrogens (tertiary/aromatic N) is 1. The van der Waals surface area contributed by atoms with Crippen LogP contribution in [0.1, 0.15) is 17.3 Å².